The summed E-state index contributed by atoms with van der Waals surface area (Å²) in [6.07, 6.45) is 4.95. The van der Waals surface area contributed by atoms with Gasteiger partial charge in [0.05, 0.1) is 11.6 Å². The molecule has 0 aliphatic rings. The molecule has 0 unspecified atom stereocenters. The zero-order valence-electron chi connectivity index (χ0n) is 7.50. The Bertz CT molecular complexity index is 505. The molecule has 0 saturated heterocycles. The third kappa shape index (κ3) is 3.11. The number of hydrogen-bond acceptors (Lipinski definition) is 2. The maximum Gasteiger partial charge on any atom is 0.242 e. The molecule has 0 aromatic heterocycles. The summed E-state index contributed by atoms with van der Waals surface area (Å²) in [4.78, 5) is -0.0769. The Morgan fingerprint density at radius 3 is 2.67 bits per heavy atom. The maximum absolute atomic E-state index is 11.6. The lowest BCUT2D eigenvalue weighted by Gasteiger charge is -2.06. The van der Waals surface area contributed by atoms with Crippen molar-refractivity contribution in [1.29, 1.82) is 0 Å². The lowest BCUT2D eigenvalue weighted by Crippen LogP contribution is -2.24. The second kappa shape index (κ2) is 4.86. The Morgan fingerprint density at radius 1 is 1.40 bits per heavy atom. The molecule has 0 fully saturated rings. The van der Waals surface area contributed by atoms with Crippen LogP contribution in [0, 0.1) is 12.3 Å². The highest BCUT2D eigenvalue weighted by atomic mass is 35.5. The van der Waals surface area contributed by atoms with E-state index < -0.39 is 10.0 Å². The minimum atomic E-state index is -3.68. The van der Waals surface area contributed by atoms with Crippen LogP contribution in [0.2, 0.25) is 10.0 Å². The third-order valence-electron chi connectivity index (χ3n) is 1.55. The predicted octanol–water partition coefficient (Wildman–Crippen LogP) is 1.90. The van der Waals surface area contributed by atoms with E-state index >= 15 is 0 Å². The monoisotopic (exact) mass is 263 g/mol. The van der Waals surface area contributed by atoms with Gasteiger partial charge in [0.1, 0.15) is 4.90 Å². The molecule has 0 heterocycles. The molecule has 1 N–H and O–H groups in total. The fourth-order valence-electron chi connectivity index (χ4n) is 0.898. The average molecular weight is 264 g/mol. The second-order valence-electron chi connectivity index (χ2n) is 2.60. The highest BCUT2D eigenvalue weighted by molar-refractivity contribution is 7.89. The fraction of sp³-hybridized carbons (Fsp3) is 0.111. The average Bonchev–Trinajstić information content (AvgIpc) is 2.18. The number of terminal acetylenes is 1. The molecule has 80 valence electrons. The zero-order chi connectivity index (χ0) is 11.5. The van der Waals surface area contributed by atoms with Crippen LogP contribution in [0.25, 0.3) is 0 Å². The highest BCUT2D eigenvalue weighted by Crippen LogP contribution is 2.24. The first kappa shape index (κ1) is 12.3. The molecule has 0 saturated carbocycles. The molecule has 3 nitrogen and oxygen atoms in total. The number of nitrogens with one attached hydrogen (secondary N) is 1. The summed E-state index contributed by atoms with van der Waals surface area (Å²) in [6, 6.07) is 4.18. The van der Waals surface area contributed by atoms with Crippen LogP contribution in [0.3, 0.4) is 0 Å². The zero-order valence-corrected chi connectivity index (χ0v) is 9.83. The van der Waals surface area contributed by atoms with Crippen molar-refractivity contribution in [3.05, 3.63) is 28.2 Å². The molecule has 0 amide bonds. The summed E-state index contributed by atoms with van der Waals surface area (Å²) >= 11 is 11.4. The first-order chi connectivity index (χ1) is 6.97. The molecule has 0 bridgehead atoms. The minimum Gasteiger partial charge on any atom is -0.207 e. The largest absolute Gasteiger partial charge is 0.242 e. The van der Waals surface area contributed by atoms with E-state index in [0.29, 0.717) is 5.02 Å². The van der Waals surface area contributed by atoms with Crippen LogP contribution in [-0.2, 0) is 10.0 Å². The van der Waals surface area contributed by atoms with Crippen molar-refractivity contribution < 1.29 is 8.42 Å². The first-order valence-corrected chi connectivity index (χ1v) is 6.09. The van der Waals surface area contributed by atoms with Crippen LogP contribution >= 0.6 is 23.2 Å². The molecular formula is C9H7Cl2NO2S. The molecule has 0 atom stereocenters. The lowest BCUT2D eigenvalue weighted by atomic mass is 10.4. The van der Waals surface area contributed by atoms with Crippen LogP contribution in [-0.4, -0.2) is 15.0 Å². The molecule has 15 heavy (non-hydrogen) atoms. The van der Waals surface area contributed by atoms with Crippen molar-refractivity contribution in [3.8, 4) is 12.3 Å². The van der Waals surface area contributed by atoms with Gasteiger partial charge in [0.15, 0.2) is 0 Å². The summed E-state index contributed by atoms with van der Waals surface area (Å²) in [5.41, 5.74) is 0. The summed E-state index contributed by atoms with van der Waals surface area (Å²) in [5, 5.41) is 0.393. The number of halogens is 2. The van der Waals surface area contributed by atoms with Gasteiger partial charge in [-0.1, -0.05) is 29.1 Å². The molecule has 0 aliphatic heterocycles. The van der Waals surface area contributed by atoms with Gasteiger partial charge in [-0.25, -0.2) is 8.42 Å². The number of benzene rings is 1. The summed E-state index contributed by atoms with van der Waals surface area (Å²) in [6.45, 7) is -0.0921. The smallest absolute Gasteiger partial charge is 0.207 e. The summed E-state index contributed by atoms with van der Waals surface area (Å²) in [5.74, 6) is 2.16. The Kier molecular flexibility index (Phi) is 4.00. The highest BCUT2D eigenvalue weighted by Gasteiger charge is 2.17. The minimum absolute atomic E-state index is 0.0769. The van der Waals surface area contributed by atoms with Crippen LogP contribution in [0.5, 0.6) is 0 Å². The number of hydrogen-bond donors (Lipinski definition) is 1. The molecule has 0 radical (unpaired) electrons. The molecule has 0 spiro atoms. The predicted molar refractivity (Wildman–Crippen MR) is 60.5 cm³/mol. The summed E-state index contributed by atoms with van der Waals surface area (Å²) in [7, 11) is -3.68. The van der Waals surface area contributed by atoms with E-state index in [9.17, 15) is 8.42 Å². The third-order valence-corrected chi connectivity index (χ3v) is 3.66. The standard InChI is InChI=1S/C9H7Cl2NO2S/c1-2-5-12-15(13,14)9-6-7(10)3-4-8(9)11/h1,3-4,6,12H,5H2. The van der Waals surface area contributed by atoms with E-state index in [4.69, 9.17) is 29.6 Å². The number of sulfonamides is 1. The van der Waals surface area contributed by atoms with Crippen LogP contribution < -0.4 is 4.72 Å². The van der Waals surface area contributed by atoms with Crippen molar-refractivity contribution in [2.75, 3.05) is 6.54 Å². The quantitative estimate of drug-likeness (QED) is 0.847. The van der Waals surface area contributed by atoms with Gasteiger partial charge in [0, 0.05) is 5.02 Å². The lowest BCUT2D eigenvalue weighted by molar-refractivity contribution is 0.586. The van der Waals surface area contributed by atoms with Crippen molar-refractivity contribution in [2.24, 2.45) is 0 Å². The fourth-order valence-corrected chi connectivity index (χ4v) is 2.59. The Hall–Kier alpha value is -0.730. The molecule has 1 aromatic rings. The van der Waals surface area contributed by atoms with Crippen molar-refractivity contribution in [1.82, 2.24) is 4.72 Å². The van der Waals surface area contributed by atoms with E-state index in [0.717, 1.165) is 0 Å². The Morgan fingerprint density at radius 2 is 2.07 bits per heavy atom. The molecule has 1 aromatic carbocycles. The van der Waals surface area contributed by atoms with Gasteiger partial charge in [0.25, 0.3) is 0 Å². The van der Waals surface area contributed by atoms with Crippen molar-refractivity contribution in [3.63, 3.8) is 0 Å². The van der Waals surface area contributed by atoms with Crippen LogP contribution in [0.1, 0.15) is 0 Å². The van der Waals surface area contributed by atoms with Crippen LogP contribution in [0.15, 0.2) is 23.1 Å². The van der Waals surface area contributed by atoms with Gasteiger partial charge >= 0.3 is 0 Å². The van der Waals surface area contributed by atoms with Gasteiger partial charge in [0.2, 0.25) is 10.0 Å². The molecule has 6 heteroatoms. The van der Waals surface area contributed by atoms with Gasteiger partial charge in [-0.05, 0) is 18.2 Å². The number of rotatable bonds is 3. The maximum atomic E-state index is 11.6. The van der Waals surface area contributed by atoms with E-state index in [1.807, 2.05) is 0 Å². The van der Waals surface area contributed by atoms with Crippen molar-refractivity contribution >= 4 is 33.2 Å². The van der Waals surface area contributed by atoms with E-state index in [-0.39, 0.29) is 16.5 Å². The Balaban J connectivity index is 3.16. The topological polar surface area (TPSA) is 46.2 Å². The molecule has 1 rings (SSSR count). The first-order valence-electron chi connectivity index (χ1n) is 3.85. The summed E-state index contributed by atoms with van der Waals surface area (Å²) < 4.78 is 25.4. The van der Waals surface area contributed by atoms with Gasteiger partial charge in [-0.3, -0.25) is 0 Å². The normalized spacial score (nSPS) is 11.0. The van der Waals surface area contributed by atoms with Crippen molar-refractivity contribution in [2.45, 2.75) is 4.90 Å². The molecular weight excluding hydrogens is 257 g/mol. The van der Waals surface area contributed by atoms with E-state index in [1.54, 1.807) is 0 Å². The van der Waals surface area contributed by atoms with Gasteiger partial charge in [-0.15, -0.1) is 6.42 Å². The Labute approximate surface area is 98.4 Å². The SMILES string of the molecule is C#CCNS(=O)(=O)c1cc(Cl)ccc1Cl. The second-order valence-corrected chi connectivity index (χ2v) is 5.18. The van der Waals surface area contributed by atoms with Crippen LogP contribution in [0.4, 0.5) is 0 Å². The van der Waals surface area contributed by atoms with Gasteiger partial charge in [-0.2, -0.15) is 4.72 Å². The van der Waals surface area contributed by atoms with E-state index in [2.05, 4.69) is 10.6 Å². The van der Waals surface area contributed by atoms with E-state index in [1.165, 1.54) is 18.2 Å². The molecule has 0 aliphatic carbocycles. The van der Waals surface area contributed by atoms with Gasteiger partial charge < -0.3 is 0 Å².